The second kappa shape index (κ2) is 10.2. The summed E-state index contributed by atoms with van der Waals surface area (Å²) >= 11 is 0. The van der Waals surface area contributed by atoms with Crippen molar-refractivity contribution in [2.75, 3.05) is 43.4 Å². The molecular formula is C29H27FN4O2. The molecule has 7 heteroatoms. The lowest BCUT2D eigenvalue weighted by Crippen LogP contribution is -2.44. The Morgan fingerprint density at radius 2 is 1.47 bits per heavy atom. The number of anilines is 2. The Morgan fingerprint density at radius 3 is 2.19 bits per heavy atom. The minimum atomic E-state index is -0.450. The Kier molecular flexibility index (Phi) is 6.64. The lowest BCUT2D eigenvalue weighted by molar-refractivity contribution is -0.114. The van der Waals surface area contributed by atoms with Crippen LogP contribution in [-0.2, 0) is 4.79 Å². The van der Waals surface area contributed by atoms with Crippen molar-refractivity contribution in [2.45, 2.75) is 0 Å². The molecule has 2 heterocycles. The molecule has 0 saturated carbocycles. The maximum Gasteiger partial charge on any atom is 0.260 e. The summed E-state index contributed by atoms with van der Waals surface area (Å²) in [5.74, 6) is -1.16. The number of nitrogens with zero attached hydrogens (tertiary/aromatic N) is 2. The van der Waals surface area contributed by atoms with E-state index in [4.69, 9.17) is 0 Å². The van der Waals surface area contributed by atoms with Crippen molar-refractivity contribution >= 4 is 40.9 Å². The molecular weight excluding hydrogens is 455 g/mol. The number of hydrogen-bond donors (Lipinski definition) is 2. The molecule has 182 valence electrons. The average molecular weight is 483 g/mol. The standard InChI is InChI=1S/C29H27FN4O2/c1-33-14-16-34(17-15-33)24-11-9-23(10-12-24)31-19-27-26-18-21(3-2-20-4-7-22(30)8-5-20)6-13-25(26)28(35)32-29(27)36/h2-13,18-19,31H,14-17H2,1H3,(H,32,35,36). The lowest BCUT2D eigenvalue weighted by Gasteiger charge is -2.34. The molecule has 0 radical (unpaired) electrons. The highest BCUT2D eigenvalue weighted by Gasteiger charge is 2.27. The number of likely N-dealkylation sites (N-methyl/N-ethyl adjacent to an activating group) is 1. The SMILES string of the molecule is CN1CCN(c2ccc(NC=C3C(=O)NC(=O)c4ccc(C=Cc5ccc(F)cc5)cc43)cc2)CC1. The summed E-state index contributed by atoms with van der Waals surface area (Å²) in [5.41, 5.74) is 5.07. The molecule has 2 N–H and O–H groups in total. The number of piperazine rings is 1. The Balaban J connectivity index is 1.36. The van der Waals surface area contributed by atoms with Gasteiger partial charge in [0, 0.05) is 54.9 Å². The average Bonchev–Trinajstić information content (AvgIpc) is 2.89. The van der Waals surface area contributed by atoms with Gasteiger partial charge in [0.2, 0.25) is 0 Å². The number of carbonyl (C=O) groups excluding carboxylic acids is 2. The third kappa shape index (κ3) is 5.21. The Labute approximate surface area is 209 Å². The fraction of sp³-hybridized carbons (Fsp3) is 0.172. The highest BCUT2D eigenvalue weighted by atomic mass is 19.1. The first-order valence-corrected chi connectivity index (χ1v) is 11.9. The van der Waals surface area contributed by atoms with E-state index < -0.39 is 11.8 Å². The van der Waals surface area contributed by atoms with Gasteiger partial charge >= 0.3 is 0 Å². The third-order valence-corrected chi connectivity index (χ3v) is 6.51. The number of nitrogens with one attached hydrogen (secondary N) is 2. The molecule has 2 aliphatic rings. The molecule has 1 fully saturated rings. The molecule has 0 unspecified atom stereocenters. The van der Waals surface area contributed by atoms with E-state index in [1.807, 2.05) is 36.4 Å². The van der Waals surface area contributed by atoms with Crippen molar-refractivity contribution in [2.24, 2.45) is 0 Å². The van der Waals surface area contributed by atoms with Gasteiger partial charge in [-0.1, -0.05) is 30.4 Å². The number of carbonyl (C=O) groups is 2. The van der Waals surface area contributed by atoms with Crippen LogP contribution in [0.4, 0.5) is 15.8 Å². The molecule has 3 aromatic rings. The summed E-state index contributed by atoms with van der Waals surface area (Å²) in [6.07, 6.45) is 5.36. The summed E-state index contributed by atoms with van der Waals surface area (Å²) in [6.45, 7) is 4.08. The summed E-state index contributed by atoms with van der Waals surface area (Å²) in [5, 5.41) is 5.62. The zero-order valence-corrected chi connectivity index (χ0v) is 20.0. The highest BCUT2D eigenvalue weighted by molar-refractivity contribution is 6.31. The summed E-state index contributed by atoms with van der Waals surface area (Å²) < 4.78 is 13.2. The van der Waals surface area contributed by atoms with Gasteiger partial charge in [0.1, 0.15) is 5.82 Å². The van der Waals surface area contributed by atoms with Gasteiger partial charge in [-0.3, -0.25) is 14.9 Å². The van der Waals surface area contributed by atoms with Crippen LogP contribution < -0.4 is 15.5 Å². The Hall–Kier alpha value is -4.23. The number of hydrogen-bond acceptors (Lipinski definition) is 5. The van der Waals surface area contributed by atoms with E-state index in [1.165, 1.54) is 17.8 Å². The molecule has 3 aromatic carbocycles. The van der Waals surface area contributed by atoms with Gasteiger partial charge < -0.3 is 15.1 Å². The van der Waals surface area contributed by atoms with Crippen molar-refractivity contribution in [3.8, 4) is 0 Å². The zero-order chi connectivity index (χ0) is 25.1. The minimum absolute atomic E-state index is 0.290. The molecule has 0 aromatic heterocycles. The Morgan fingerprint density at radius 1 is 0.806 bits per heavy atom. The van der Waals surface area contributed by atoms with Crippen LogP contribution >= 0.6 is 0 Å². The predicted octanol–water partition coefficient (Wildman–Crippen LogP) is 4.47. The monoisotopic (exact) mass is 482 g/mol. The van der Waals surface area contributed by atoms with Crippen molar-refractivity contribution in [1.29, 1.82) is 0 Å². The molecule has 6 nitrogen and oxygen atoms in total. The van der Waals surface area contributed by atoms with E-state index in [2.05, 4.69) is 39.6 Å². The van der Waals surface area contributed by atoms with Gasteiger partial charge in [-0.25, -0.2) is 4.39 Å². The molecule has 0 atom stereocenters. The largest absolute Gasteiger partial charge is 0.369 e. The van der Waals surface area contributed by atoms with Crippen molar-refractivity contribution < 1.29 is 14.0 Å². The topological polar surface area (TPSA) is 64.7 Å². The number of fused-ring (bicyclic) bond motifs is 1. The maximum atomic E-state index is 13.2. The molecule has 1 saturated heterocycles. The van der Waals surface area contributed by atoms with Crippen molar-refractivity contribution in [1.82, 2.24) is 10.2 Å². The van der Waals surface area contributed by atoms with Gasteiger partial charge in [0.05, 0.1) is 5.57 Å². The van der Waals surface area contributed by atoms with Gasteiger partial charge in [-0.15, -0.1) is 0 Å². The van der Waals surface area contributed by atoms with E-state index in [9.17, 15) is 14.0 Å². The molecule has 0 bridgehead atoms. The summed E-state index contributed by atoms with van der Waals surface area (Å²) in [4.78, 5) is 29.8. The molecule has 2 amide bonds. The smallest absolute Gasteiger partial charge is 0.260 e. The quantitative estimate of drug-likeness (QED) is 0.319. The van der Waals surface area contributed by atoms with E-state index in [-0.39, 0.29) is 5.82 Å². The molecule has 0 spiro atoms. The van der Waals surface area contributed by atoms with Gasteiger partial charge in [0.15, 0.2) is 0 Å². The number of halogens is 1. The van der Waals surface area contributed by atoms with Crippen LogP contribution in [0.5, 0.6) is 0 Å². The molecule has 0 aliphatic carbocycles. The van der Waals surface area contributed by atoms with E-state index in [0.717, 1.165) is 43.0 Å². The normalized spacial score (nSPS) is 17.4. The molecule has 36 heavy (non-hydrogen) atoms. The van der Waals surface area contributed by atoms with Crippen LogP contribution in [0.1, 0.15) is 27.0 Å². The number of rotatable bonds is 5. The number of imide groups is 1. The molecule has 2 aliphatic heterocycles. The van der Waals surface area contributed by atoms with Gasteiger partial charge in [0.25, 0.3) is 11.8 Å². The van der Waals surface area contributed by atoms with Crippen LogP contribution in [0.3, 0.4) is 0 Å². The summed E-state index contributed by atoms with van der Waals surface area (Å²) in [6, 6.07) is 19.6. The van der Waals surface area contributed by atoms with Crippen LogP contribution in [0.2, 0.25) is 0 Å². The minimum Gasteiger partial charge on any atom is -0.369 e. The van der Waals surface area contributed by atoms with Crippen LogP contribution in [0.25, 0.3) is 17.7 Å². The van der Waals surface area contributed by atoms with Crippen molar-refractivity contribution in [3.63, 3.8) is 0 Å². The second-order valence-electron chi connectivity index (χ2n) is 9.01. The zero-order valence-electron chi connectivity index (χ0n) is 20.0. The maximum absolute atomic E-state index is 13.2. The van der Waals surface area contributed by atoms with Crippen LogP contribution in [-0.4, -0.2) is 49.9 Å². The predicted molar refractivity (Wildman–Crippen MR) is 142 cm³/mol. The van der Waals surface area contributed by atoms with Crippen molar-refractivity contribution in [3.05, 3.63) is 101 Å². The third-order valence-electron chi connectivity index (χ3n) is 6.51. The fourth-order valence-corrected chi connectivity index (χ4v) is 4.34. The van der Waals surface area contributed by atoms with E-state index in [1.54, 1.807) is 24.4 Å². The first-order chi connectivity index (χ1) is 17.5. The highest BCUT2D eigenvalue weighted by Crippen LogP contribution is 2.27. The Bertz CT molecular complexity index is 1340. The first-order valence-electron chi connectivity index (χ1n) is 11.9. The first kappa shape index (κ1) is 23.5. The number of amides is 2. The van der Waals surface area contributed by atoms with E-state index >= 15 is 0 Å². The van der Waals surface area contributed by atoms with E-state index in [0.29, 0.717) is 16.7 Å². The fourth-order valence-electron chi connectivity index (χ4n) is 4.34. The lowest BCUT2D eigenvalue weighted by atomic mass is 9.93. The number of benzene rings is 3. The summed E-state index contributed by atoms with van der Waals surface area (Å²) in [7, 11) is 2.13. The van der Waals surface area contributed by atoms with Gasteiger partial charge in [-0.05, 0) is 66.7 Å². The van der Waals surface area contributed by atoms with Crippen LogP contribution in [0, 0.1) is 5.82 Å². The van der Waals surface area contributed by atoms with Crippen LogP contribution in [0.15, 0.2) is 72.9 Å². The second-order valence-corrected chi connectivity index (χ2v) is 9.01. The molecule has 5 rings (SSSR count). The van der Waals surface area contributed by atoms with Gasteiger partial charge in [-0.2, -0.15) is 0 Å².